The Morgan fingerprint density at radius 2 is 1.53 bits per heavy atom. The molecule has 4 rings (SSSR count). The SMILES string of the molecule is Cc1ccccc1NC1=C(Sc2ccc(Cl)cc2)C(=O)N(c2ccc(C(C)C)cc2)C1=O. The Hall–Kier alpha value is -3.02. The van der Waals surface area contributed by atoms with Gasteiger partial charge in [-0.2, -0.15) is 0 Å². The molecule has 162 valence electrons. The zero-order valence-corrected chi connectivity index (χ0v) is 19.6. The monoisotopic (exact) mass is 462 g/mol. The summed E-state index contributed by atoms with van der Waals surface area (Å²) in [5.41, 5.74) is 3.75. The lowest BCUT2D eigenvalue weighted by Gasteiger charge is -2.16. The molecule has 0 spiro atoms. The van der Waals surface area contributed by atoms with Gasteiger partial charge in [0, 0.05) is 15.6 Å². The smallest absolute Gasteiger partial charge is 0.283 e. The lowest BCUT2D eigenvalue weighted by atomic mass is 10.0. The van der Waals surface area contributed by atoms with E-state index >= 15 is 0 Å². The molecule has 0 saturated heterocycles. The number of amides is 2. The molecule has 0 aromatic heterocycles. The van der Waals surface area contributed by atoms with E-state index in [1.165, 1.54) is 16.7 Å². The molecule has 3 aromatic carbocycles. The van der Waals surface area contributed by atoms with Crippen LogP contribution >= 0.6 is 23.4 Å². The second-order valence-electron chi connectivity index (χ2n) is 7.89. The Balaban J connectivity index is 1.73. The number of carbonyl (C=O) groups excluding carboxylic acids is 2. The number of benzene rings is 3. The molecule has 3 aromatic rings. The van der Waals surface area contributed by atoms with Gasteiger partial charge in [-0.25, -0.2) is 4.90 Å². The minimum absolute atomic E-state index is 0.275. The van der Waals surface area contributed by atoms with Crippen LogP contribution in [0.3, 0.4) is 0 Å². The zero-order chi connectivity index (χ0) is 22.8. The van der Waals surface area contributed by atoms with Crippen molar-refractivity contribution < 1.29 is 9.59 Å². The van der Waals surface area contributed by atoms with Crippen LogP contribution in [-0.4, -0.2) is 11.8 Å². The van der Waals surface area contributed by atoms with E-state index in [2.05, 4.69) is 19.2 Å². The van der Waals surface area contributed by atoms with Crippen molar-refractivity contribution in [3.8, 4) is 0 Å². The summed E-state index contributed by atoms with van der Waals surface area (Å²) in [7, 11) is 0. The number of imide groups is 1. The quantitative estimate of drug-likeness (QED) is 0.411. The third-order valence-electron chi connectivity index (χ3n) is 5.30. The molecule has 4 nitrogen and oxygen atoms in total. The molecule has 0 unspecified atom stereocenters. The fourth-order valence-corrected chi connectivity index (χ4v) is 4.48. The average molecular weight is 463 g/mol. The Morgan fingerprint density at radius 1 is 0.875 bits per heavy atom. The molecule has 0 atom stereocenters. The molecule has 32 heavy (non-hydrogen) atoms. The number of nitrogens with one attached hydrogen (secondary N) is 1. The summed E-state index contributed by atoms with van der Waals surface area (Å²) in [4.78, 5) is 29.3. The van der Waals surface area contributed by atoms with E-state index in [9.17, 15) is 9.59 Å². The number of rotatable bonds is 6. The topological polar surface area (TPSA) is 49.4 Å². The zero-order valence-electron chi connectivity index (χ0n) is 18.1. The van der Waals surface area contributed by atoms with Crippen LogP contribution in [0.15, 0.2) is 88.3 Å². The first-order valence-electron chi connectivity index (χ1n) is 10.3. The van der Waals surface area contributed by atoms with Crippen LogP contribution in [0.1, 0.15) is 30.9 Å². The molecular formula is C26H23ClN2O2S. The van der Waals surface area contributed by atoms with Gasteiger partial charge in [-0.1, -0.05) is 67.5 Å². The van der Waals surface area contributed by atoms with Crippen molar-refractivity contribution in [3.05, 3.63) is 99.5 Å². The summed E-state index contributed by atoms with van der Waals surface area (Å²) in [6.45, 7) is 6.17. The van der Waals surface area contributed by atoms with E-state index in [-0.39, 0.29) is 17.5 Å². The van der Waals surface area contributed by atoms with Gasteiger partial charge in [0.25, 0.3) is 11.8 Å². The summed E-state index contributed by atoms with van der Waals surface area (Å²) in [6.07, 6.45) is 0. The van der Waals surface area contributed by atoms with Crippen molar-refractivity contribution >= 4 is 46.6 Å². The van der Waals surface area contributed by atoms with Gasteiger partial charge in [-0.3, -0.25) is 9.59 Å². The molecular weight excluding hydrogens is 440 g/mol. The predicted octanol–water partition coefficient (Wildman–Crippen LogP) is 6.76. The van der Waals surface area contributed by atoms with Gasteiger partial charge in [-0.15, -0.1) is 0 Å². The number of anilines is 2. The van der Waals surface area contributed by atoms with Crippen molar-refractivity contribution in [2.75, 3.05) is 10.2 Å². The molecule has 6 heteroatoms. The van der Waals surface area contributed by atoms with Crippen molar-refractivity contribution in [1.82, 2.24) is 0 Å². The van der Waals surface area contributed by atoms with E-state index in [0.29, 0.717) is 21.5 Å². The molecule has 2 amide bonds. The molecule has 0 saturated carbocycles. The van der Waals surface area contributed by atoms with Gasteiger partial charge in [0.1, 0.15) is 10.6 Å². The Labute approximate surface area is 197 Å². The highest BCUT2D eigenvalue weighted by molar-refractivity contribution is 8.04. The highest BCUT2D eigenvalue weighted by atomic mass is 35.5. The summed E-state index contributed by atoms with van der Waals surface area (Å²) in [5.74, 6) is -0.350. The van der Waals surface area contributed by atoms with Gasteiger partial charge in [0.05, 0.1) is 5.69 Å². The van der Waals surface area contributed by atoms with Gasteiger partial charge < -0.3 is 5.32 Å². The number of para-hydroxylation sites is 1. The van der Waals surface area contributed by atoms with Crippen molar-refractivity contribution in [1.29, 1.82) is 0 Å². The molecule has 0 radical (unpaired) electrons. The highest BCUT2D eigenvalue weighted by Crippen LogP contribution is 2.38. The number of hydrogen-bond donors (Lipinski definition) is 1. The number of thioether (sulfide) groups is 1. The molecule has 1 aliphatic heterocycles. The normalized spacial score (nSPS) is 14.0. The maximum atomic E-state index is 13.5. The molecule has 0 bridgehead atoms. The van der Waals surface area contributed by atoms with Crippen LogP contribution in [-0.2, 0) is 9.59 Å². The molecule has 1 N–H and O–H groups in total. The van der Waals surface area contributed by atoms with E-state index < -0.39 is 0 Å². The Kier molecular flexibility index (Phi) is 6.40. The minimum atomic E-state index is -0.369. The third-order valence-corrected chi connectivity index (χ3v) is 6.64. The summed E-state index contributed by atoms with van der Waals surface area (Å²) in [6, 6.07) is 22.5. The maximum absolute atomic E-state index is 13.5. The minimum Gasteiger partial charge on any atom is -0.350 e. The first kappa shape index (κ1) is 22.2. The van der Waals surface area contributed by atoms with Crippen LogP contribution in [0.5, 0.6) is 0 Å². The van der Waals surface area contributed by atoms with Crippen LogP contribution in [0.4, 0.5) is 11.4 Å². The number of carbonyl (C=O) groups is 2. The fraction of sp³-hybridized carbons (Fsp3) is 0.154. The van der Waals surface area contributed by atoms with E-state index in [4.69, 9.17) is 11.6 Å². The first-order valence-corrected chi connectivity index (χ1v) is 11.5. The Bertz CT molecular complexity index is 1200. The van der Waals surface area contributed by atoms with Crippen LogP contribution in [0.2, 0.25) is 5.02 Å². The lowest BCUT2D eigenvalue weighted by molar-refractivity contribution is -0.120. The number of aryl methyl sites for hydroxylation is 1. The van der Waals surface area contributed by atoms with E-state index in [0.717, 1.165) is 21.7 Å². The second-order valence-corrected chi connectivity index (χ2v) is 9.41. The third kappa shape index (κ3) is 4.45. The average Bonchev–Trinajstić information content (AvgIpc) is 3.00. The summed E-state index contributed by atoms with van der Waals surface area (Å²) >= 11 is 7.27. The molecule has 0 fully saturated rings. The lowest BCUT2D eigenvalue weighted by Crippen LogP contribution is -2.32. The molecule has 1 aliphatic rings. The van der Waals surface area contributed by atoms with Gasteiger partial charge in [0.15, 0.2) is 0 Å². The van der Waals surface area contributed by atoms with Crippen LogP contribution in [0.25, 0.3) is 0 Å². The largest absolute Gasteiger partial charge is 0.350 e. The van der Waals surface area contributed by atoms with Gasteiger partial charge in [0.2, 0.25) is 0 Å². The molecule has 1 heterocycles. The van der Waals surface area contributed by atoms with Crippen molar-refractivity contribution in [2.24, 2.45) is 0 Å². The number of halogens is 1. The Morgan fingerprint density at radius 3 is 2.16 bits per heavy atom. The first-order chi connectivity index (χ1) is 15.3. The predicted molar refractivity (Wildman–Crippen MR) is 132 cm³/mol. The fourth-order valence-electron chi connectivity index (χ4n) is 3.43. The highest BCUT2D eigenvalue weighted by Gasteiger charge is 2.40. The van der Waals surface area contributed by atoms with Crippen LogP contribution < -0.4 is 10.2 Å². The number of hydrogen-bond acceptors (Lipinski definition) is 4. The van der Waals surface area contributed by atoms with Gasteiger partial charge >= 0.3 is 0 Å². The van der Waals surface area contributed by atoms with E-state index in [1.807, 2.05) is 67.6 Å². The standard InChI is InChI=1S/C26H23ClN2O2S/c1-16(2)18-8-12-20(13-9-18)29-25(30)23(28-22-7-5-4-6-17(22)3)24(26(29)31)32-21-14-10-19(27)11-15-21/h4-16,28H,1-3H3. The van der Waals surface area contributed by atoms with Crippen LogP contribution in [0, 0.1) is 6.92 Å². The second kappa shape index (κ2) is 9.23. The number of nitrogens with zero attached hydrogens (tertiary/aromatic N) is 1. The van der Waals surface area contributed by atoms with Crippen molar-refractivity contribution in [2.45, 2.75) is 31.6 Å². The van der Waals surface area contributed by atoms with E-state index in [1.54, 1.807) is 12.1 Å². The summed E-state index contributed by atoms with van der Waals surface area (Å²) < 4.78 is 0. The summed E-state index contributed by atoms with van der Waals surface area (Å²) in [5, 5.41) is 3.83. The van der Waals surface area contributed by atoms with Crippen molar-refractivity contribution in [3.63, 3.8) is 0 Å². The molecule has 0 aliphatic carbocycles. The maximum Gasteiger partial charge on any atom is 0.283 e. The van der Waals surface area contributed by atoms with Gasteiger partial charge in [-0.05, 0) is 66.4 Å².